The van der Waals surface area contributed by atoms with Gasteiger partial charge in [-0.3, -0.25) is 4.68 Å². The number of hydrogen-bond donors (Lipinski definition) is 1. The monoisotopic (exact) mass is 328 g/mol. The third kappa shape index (κ3) is 2.28. The first-order valence-corrected chi connectivity index (χ1v) is 6.47. The van der Waals surface area contributed by atoms with Gasteiger partial charge in [0.25, 0.3) is 0 Å². The average Bonchev–Trinajstić information content (AvgIpc) is 2.67. The molecule has 2 rings (SSSR count). The fourth-order valence-corrected chi connectivity index (χ4v) is 2.50. The van der Waals surface area contributed by atoms with Crippen molar-refractivity contribution < 1.29 is 9.90 Å². The molecule has 18 heavy (non-hydrogen) atoms. The summed E-state index contributed by atoms with van der Waals surface area (Å²) in [6, 6.07) is 7.19. The topological polar surface area (TPSA) is 55.1 Å². The van der Waals surface area contributed by atoms with E-state index in [9.17, 15) is 4.79 Å². The predicted octanol–water partition coefficient (Wildman–Crippen LogP) is 3.68. The zero-order chi connectivity index (χ0) is 13.3. The molecule has 1 aromatic heterocycles. The number of benzene rings is 1. The molecule has 0 saturated heterocycles. The Bertz CT molecular complexity index is 593. The van der Waals surface area contributed by atoms with Crippen molar-refractivity contribution in [2.45, 2.75) is 13.5 Å². The minimum absolute atomic E-state index is 0.0156. The molecule has 0 atom stereocenters. The Hall–Kier alpha value is -1.33. The Morgan fingerprint density at radius 1 is 1.44 bits per heavy atom. The Kier molecular flexibility index (Phi) is 3.73. The minimum Gasteiger partial charge on any atom is -0.476 e. The average molecular weight is 330 g/mol. The summed E-state index contributed by atoms with van der Waals surface area (Å²) in [6.07, 6.45) is 0. The number of carboxylic acid groups (broad SMARTS) is 1. The number of nitrogens with zero attached hydrogens (tertiary/aromatic N) is 2. The van der Waals surface area contributed by atoms with Crippen LogP contribution in [0.5, 0.6) is 0 Å². The summed E-state index contributed by atoms with van der Waals surface area (Å²) in [5, 5.41) is 13.8. The van der Waals surface area contributed by atoms with Crippen molar-refractivity contribution in [3.63, 3.8) is 0 Å². The van der Waals surface area contributed by atoms with Gasteiger partial charge in [0.1, 0.15) is 0 Å². The number of aromatic carboxylic acids is 1. The van der Waals surface area contributed by atoms with Crippen LogP contribution in [0.3, 0.4) is 0 Å². The van der Waals surface area contributed by atoms with Gasteiger partial charge in [-0.2, -0.15) is 5.10 Å². The maximum atomic E-state index is 11.1. The molecule has 1 heterocycles. The number of halogens is 2. The first-order valence-electron chi connectivity index (χ1n) is 5.30. The van der Waals surface area contributed by atoms with Crippen molar-refractivity contribution in [2.75, 3.05) is 0 Å². The second-order valence-electron chi connectivity index (χ2n) is 3.64. The molecular formula is C12H10BrClN2O2. The zero-order valence-corrected chi connectivity index (χ0v) is 11.9. The van der Waals surface area contributed by atoms with E-state index in [2.05, 4.69) is 21.0 Å². The highest BCUT2D eigenvalue weighted by atomic mass is 79.9. The molecule has 0 radical (unpaired) electrons. The van der Waals surface area contributed by atoms with Crippen LogP contribution in [0.1, 0.15) is 17.4 Å². The minimum atomic E-state index is -1.05. The summed E-state index contributed by atoms with van der Waals surface area (Å²) in [7, 11) is 0. The number of aromatic nitrogens is 2. The lowest BCUT2D eigenvalue weighted by molar-refractivity contribution is 0.0688. The van der Waals surface area contributed by atoms with Crippen LogP contribution >= 0.6 is 27.5 Å². The van der Waals surface area contributed by atoms with Crippen molar-refractivity contribution in [1.82, 2.24) is 9.78 Å². The first kappa shape index (κ1) is 13.1. The second-order valence-corrected chi connectivity index (χ2v) is 4.87. The smallest absolute Gasteiger partial charge is 0.357 e. The van der Waals surface area contributed by atoms with Gasteiger partial charge in [0.2, 0.25) is 0 Å². The van der Waals surface area contributed by atoms with Crippen LogP contribution in [0.4, 0.5) is 0 Å². The van der Waals surface area contributed by atoms with Gasteiger partial charge in [-0.15, -0.1) is 0 Å². The number of rotatable bonds is 3. The highest BCUT2D eigenvalue weighted by Gasteiger charge is 2.21. The van der Waals surface area contributed by atoms with E-state index in [4.69, 9.17) is 16.7 Å². The Balaban J connectivity index is 2.62. The second kappa shape index (κ2) is 5.12. The van der Waals surface area contributed by atoms with Gasteiger partial charge in [0.05, 0.1) is 10.2 Å². The summed E-state index contributed by atoms with van der Waals surface area (Å²) in [4.78, 5) is 11.1. The van der Waals surface area contributed by atoms with Crippen LogP contribution in [0.2, 0.25) is 5.02 Å². The quantitative estimate of drug-likeness (QED) is 0.934. The molecule has 2 aromatic rings. The summed E-state index contributed by atoms with van der Waals surface area (Å²) >= 11 is 9.14. The van der Waals surface area contributed by atoms with Crippen LogP contribution in [0.25, 0.3) is 11.3 Å². The van der Waals surface area contributed by atoms with Crippen molar-refractivity contribution in [3.05, 3.63) is 39.5 Å². The van der Waals surface area contributed by atoms with Crippen molar-refractivity contribution >= 4 is 33.5 Å². The molecule has 0 aliphatic rings. The Labute approximate surface area is 117 Å². The molecule has 0 aliphatic heterocycles. The van der Waals surface area contributed by atoms with Gasteiger partial charge in [-0.25, -0.2) is 4.79 Å². The molecule has 1 N–H and O–H groups in total. The van der Waals surface area contributed by atoms with Crippen molar-refractivity contribution in [1.29, 1.82) is 0 Å². The van der Waals surface area contributed by atoms with Crippen LogP contribution in [0.15, 0.2) is 28.7 Å². The SMILES string of the molecule is CCn1nc(C(=O)O)c(Br)c1-c1ccc(Cl)cc1. The number of hydrogen-bond acceptors (Lipinski definition) is 2. The van der Waals surface area contributed by atoms with E-state index in [1.54, 1.807) is 16.8 Å². The van der Waals surface area contributed by atoms with E-state index < -0.39 is 5.97 Å². The van der Waals surface area contributed by atoms with Gasteiger partial charge >= 0.3 is 5.97 Å². The molecule has 0 fully saturated rings. The molecule has 1 aromatic carbocycles. The van der Waals surface area contributed by atoms with E-state index in [1.165, 1.54) is 0 Å². The summed E-state index contributed by atoms with van der Waals surface area (Å²) in [6.45, 7) is 2.49. The van der Waals surface area contributed by atoms with E-state index in [1.807, 2.05) is 19.1 Å². The third-order valence-corrected chi connectivity index (χ3v) is 3.52. The number of carbonyl (C=O) groups is 1. The fourth-order valence-electron chi connectivity index (χ4n) is 1.69. The van der Waals surface area contributed by atoms with E-state index in [0.717, 1.165) is 11.3 Å². The van der Waals surface area contributed by atoms with Gasteiger partial charge in [0.15, 0.2) is 5.69 Å². The van der Waals surface area contributed by atoms with Crippen LogP contribution in [-0.4, -0.2) is 20.9 Å². The number of carboxylic acids is 1. The summed E-state index contributed by atoms with van der Waals surface area (Å²) in [5.74, 6) is -1.05. The normalized spacial score (nSPS) is 10.6. The standard InChI is InChI=1S/C12H10BrClN2O2/c1-2-16-11(7-3-5-8(14)6-4-7)9(13)10(15-16)12(17)18/h3-6H,2H2,1H3,(H,17,18). The Morgan fingerprint density at radius 2 is 2.06 bits per heavy atom. The van der Waals surface area contributed by atoms with Gasteiger partial charge < -0.3 is 5.11 Å². The van der Waals surface area contributed by atoms with E-state index in [0.29, 0.717) is 16.0 Å². The van der Waals surface area contributed by atoms with Gasteiger partial charge in [-0.1, -0.05) is 23.7 Å². The van der Waals surface area contributed by atoms with Crippen LogP contribution in [0, 0.1) is 0 Å². The fraction of sp³-hybridized carbons (Fsp3) is 0.167. The number of aryl methyl sites for hydroxylation is 1. The van der Waals surface area contributed by atoms with Crippen LogP contribution in [-0.2, 0) is 6.54 Å². The van der Waals surface area contributed by atoms with E-state index in [-0.39, 0.29) is 5.69 Å². The molecule has 0 amide bonds. The predicted molar refractivity (Wildman–Crippen MR) is 73.0 cm³/mol. The molecule has 0 bridgehead atoms. The third-order valence-electron chi connectivity index (χ3n) is 2.51. The molecule has 0 spiro atoms. The molecule has 0 aliphatic carbocycles. The Morgan fingerprint density at radius 3 is 2.56 bits per heavy atom. The van der Waals surface area contributed by atoms with Crippen molar-refractivity contribution in [3.8, 4) is 11.3 Å². The highest BCUT2D eigenvalue weighted by molar-refractivity contribution is 9.10. The van der Waals surface area contributed by atoms with Gasteiger partial charge in [-0.05, 0) is 35.0 Å². The maximum Gasteiger partial charge on any atom is 0.357 e. The first-order chi connectivity index (χ1) is 8.54. The summed E-state index contributed by atoms with van der Waals surface area (Å²) in [5.41, 5.74) is 1.63. The maximum absolute atomic E-state index is 11.1. The summed E-state index contributed by atoms with van der Waals surface area (Å²) < 4.78 is 2.13. The lowest BCUT2D eigenvalue weighted by atomic mass is 10.1. The largest absolute Gasteiger partial charge is 0.476 e. The molecule has 4 nitrogen and oxygen atoms in total. The molecule has 0 saturated carbocycles. The lowest BCUT2D eigenvalue weighted by Gasteiger charge is -2.05. The van der Waals surface area contributed by atoms with E-state index >= 15 is 0 Å². The molecule has 6 heteroatoms. The van der Waals surface area contributed by atoms with Crippen LogP contribution < -0.4 is 0 Å². The zero-order valence-electron chi connectivity index (χ0n) is 9.52. The van der Waals surface area contributed by atoms with Crippen molar-refractivity contribution in [2.24, 2.45) is 0 Å². The lowest BCUT2D eigenvalue weighted by Crippen LogP contribution is -2.02. The van der Waals surface area contributed by atoms with Gasteiger partial charge in [0, 0.05) is 17.1 Å². The molecule has 94 valence electrons. The molecular weight excluding hydrogens is 320 g/mol. The highest BCUT2D eigenvalue weighted by Crippen LogP contribution is 2.32. The molecule has 0 unspecified atom stereocenters.